The van der Waals surface area contributed by atoms with Gasteiger partial charge in [0.25, 0.3) is 0 Å². The lowest BCUT2D eigenvalue weighted by atomic mass is 9.89. The molecule has 16 heavy (non-hydrogen) atoms. The summed E-state index contributed by atoms with van der Waals surface area (Å²) in [6, 6.07) is 2.22. The molecule has 1 aliphatic rings. The van der Waals surface area contributed by atoms with E-state index in [1.165, 1.54) is 23.5 Å². The molecule has 0 bridgehead atoms. The number of carbonyl (C=O) groups is 1. The molecule has 1 rings (SSSR count). The number of thiocarbonyl (C=S) groups is 1. The standard InChI is InChI=1S/C10H13NO2S3/c1-2-3-15-9(14)10(5-11)4-7(8(12)13)16-6-10/h7H,2-4,6H2,1H3,(H,12,13). The normalized spacial score (nSPS) is 28.6. The van der Waals surface area contributed by atoms with Gasteiger partial charge < -0.3 is 5.11 Å². The second-order valence-electron chi connectivity index (χ2n) is 3.67. The third-order valence-corrected chi connectivity index (χ3v) is 5.82. The van der Waals surface area contributed by atoms with Crippen LogP contribution in [0.1, 0.15) is 19.8 Å². The molecule has 88 valence electrons. The van der Waals surface area contributed by atoms with Crippen LogP contribution in [0.4, 0.5) is 0 Å². The third kappa shape index (κ3) is 2.90. The zero-order valence-corrected chi connectivity index (χ0v) is 11.4. The van der Waals surface area contributed by atoms with E-state index in [9.17, 15) is 10.1 Å². The molecule has 1 N–H and O–H groups in total. The van der Waals surface area contributed by atoms with Gasteiger partial charge in [0.05, 0.1) is 10.3 Å². The Morgan fingerprint density at radius 1 is 1.81 bits per heavy atom. The molecular weight excluding hydrogens is 262 g/mol. The number of carboxylic acids is 1. The molecule has 2 atom stereocenters. The van der Waals surface area contributed by atoms with Crippen LogP contribution >= 0.6 is 35.7 Å². The summed E-state index contributed by atoms with van der Waals surface area (Å²) in [6.07, 6.45) is 1.35. The van der Waals surface area contributed by atoms with Gasteiger partial charge in [-0.15, -0.1) is 23.5 Å². The van der Waals surface area contributed by atoms with Crippen molar-refractivity contribution in [1.29, 1.82) is 5.26 Å². The first-order valence-corrected chi connectivity index (χ1v) is 7.43. The number of nitrogens with zero attached hydrogens (tertiary/aromatic N) is 1. The average molecular weight is 275 g/mol. The first-order chi connectivity index (χ1) is 7.55. The largest absolute Gasteiger partial charge is 0.480 e. The summed E-state index contributed by atoms with van der Waals surface area (Å²) >= 11 is 8.10. The van der Waals surface area contributed by atoms with Crippen molar-refractivity contribution in [2.24, 2.45) is 5.41 Å². The summed E-state index contributed by atoms with van der Waals surface area (Å²) in [5.41, 5.74) is -0.719. The van der Waals surface area contributed by atoms with Crippen molar-refractivity contribution in [2.45, 2.75) is 25.0 Å². The van der Waals surface area contributed by atoms with Gasteiger partial charge in [0.2, 0.25) is 0 Å². The van der Waals surface area contributed by atoms with E-state index in [-0.39, 0.29) is 0 Å². The van der Waals surface area contributed by atoms with E-state index in [4.69, 9.17) is 17.3 Å². The molecule has 0 aromatic carbocycles. The van der Waals surface area contributed by atoms with Crippen LogP contribution in [0.15, 0.2) is 0 Å². The van der Waals surface area contributed by atoms with E-state index in [2.05, 4.69) is 13.0 Å². The second-order valence-corrected chi connectivity index (χ2v) is 6.63. The topological polar surface area (TPSA) is 61.1 Å². The summed E-state index contributed by atoms with van der Waals surface area (Å²) in [5, 5.41) is 17.7. The smallest absolute Gasteiger partial charge is 0.316 e. The van der Waals surface area contributed by atoms with Gasteiger partial charge in [-0.1, -0.05) is 19.1 Å². The summed E-state index contributed by atoms with van der Waals surface area (Å²) in [4.78, 5) is 10.9. The van der Waals surface area contributed by atoms with Crippen LogP contribution in [0.25, 0.3) is 0 Å². The molecular formula is C10H13NO2S3. The Balaban J connectivity index is 2.70. The molecule has 6 heteroatoms. The lowest BCUT2D eigenvalue weighted by Crippen LogP contribution is -2.28. The Hall–Kier alpha value is -0.250. The zero-order valence-electron chi connectivity index (χ0n) is 8.93. The van der Waals surface area contributed by atoms with Gasteiger partial charge >= 0.3 is 5.97 Å². The van der Waals surface area contributed by atoms with Crippen LogP contribution < -0.4 is 0 Å². The Labute approximate surface area is 109 Å². The highest BCUT2D eigenvalue weighted by Gasteiger charge is 2.46. The van der Waals surface area contributed by atoms with E-state index >= 15 is 0 Å². The van der Waals surface area contributed by atoms with E-state index in [1.54, 1.807) is 0 Å². The summed E-state index contributed by atoms with van der Waals surface area (Å²) in [6.45, 7) is 2.05. The molecule has 1 aliphatic heterocycles. The molecule has 0 spiro atoms. The molecule has 0 amide bonds. The Morgan fingerprint density at radius 3 is 2.94 bits per heavy atom. The van der Waals surface area contributed by atoms with Crippen molar-refractivity contribution in [2.75, 3.05) is 11.5 Å². The van der Waals surface area contributed by atoms with Crippen molar-refractivity contribution in [3.63, 3.8) is 0 Å². The van der Waals surface area contributed by atoms with Gasteiger partial charge in [-0.05, 0) is 18.6 Å². The van der Waals surface area contributed by atoms with Crippen molar-refractivity contribution in [1.82, 2.24) is 0 Å². The Morgan fingerprint density at radius 2 is 2.50 bits per heavy atom. The number of rotatable bonds is 4. The lowest BCUT2D eigenvalue weighted by molar-refractivity contribution is -0.136. The van der Waals surface area contributed by atoms with E-state index in [1.807, 2.05) is 0 Å². The minimum absolute atomic E-state index is 0.346. The Bertz CT molecular complexity index is 339. The van der Waals surface area contributed by atoms with Gasteiger partial charge in [0.15, 0.2) is 0 Å². The van der Waals surface area contributed by atoms with Crippen LogP contribution in [0.3, 0.4) is 0 Å². The summed E-state index contributed by atoms with van der Waals surface area (Å²) in [5.74, 6) is 0.561. The average Bonchev–Trinajstić information content (AvgIpc) is 2.71. The predicted molar refractivity (Wildman–Crippen MR) is 71.9 cm³/mol. The SMILES string of the molecule is CCCSC(=S)C1(C#N)CSC(C(=O)O)C1. The highest BCUT2D eigenvalue weighted by Crippen LogP contribution is 2.44. The minimum atomic E-state index is -0.842. The predicted octanol–water partition coefficient (Wildman–Crippen LogP) is 2.56. The second kappa shape index (κ2) is 5.89. The maximum atomic E-state index is 10.9. The Kier molecular flexibility index (Phi) is 5.09. The molecule has 1 fully saturated rings. The van der Waals surface area contributed by atoms with Crippen LogP contribution in [-0.2, 0) is 4.79 Å². The van der Waals surface area contributed by atoms with E-state index < -0.39 is 16.6 Å². The molecule has 0 aliphatic carbocycles. The number of hydrogen-bond acceptors (Lipinski definition) is 5. The van der Waals surface area contributed by atoms with Crippen LogP contribution in [-0.4, -0.2) is 32.0 Å². The first kappa shape index (κ1) is 13.8. The number of carboxylic acid groups (broad SMARTS) is 1. The number of nitriles is 1. The molecule has 0 aromatic rings. The molecule has 0 radical (unpaired) electrons. The highest BCUT2D eigenvalue weighted by atomic mass is 32.2. The molecule has 0 aromatic heterocycles. The highest BCUT2D eigenvalue weighted by molar-refractivity contribution is 8.23. The van der Waals surface area contributed by atoms with Gasteiger partial charge in [0.1, 0.15) is 10.7 Å². The van der Waals surface area contributed by atoms with Crippen molar-refractivity contribution >= 4 is 45.9 Å². The van der Waals surface area contributed by atoms with Gasteiger partial charge in [-0.25, -0.2) is 0 Å². The fourth-order valence-corrected chi connectivity index (χ4v) is 4.29. The third-order valence-electron chi connectivity index (χ3n) is 2.38. The van der Waals surface area contributed by atoms with Gasteiger partial charge in [-0.2, -0.15) is 5.26 Å². The van der Waals surface area contributed by atoms with E-state index in [0.717, 1.165) is 12.2 Å². The quantitative estimate of drug-likeness (QED) is 0.796. The monoisotopic (exact) mass is 275 g/mol. The van der Waals surface area contributed by atoms with Gasteiger partial charge in [0, 0.05) is 5.75 Å². The van der Waals surface area contributed by atoms with Crippen LogP contribution in [0.5, 0.6) is 0 Å². The first-order valence-electron chi connectivity index (χ1n) is 4.98. The van der Waals surface area contributed by atoms with Crippen molar-refractivity contribution in [3.8, 4) is 6.07 Å². The molecule has 1 heterocycles. The van der Waals surface area contributed by atoms with Crippen molar-refractivity contribution in [3.05, 3.63) is 0 Å². The lowest BCUT2D eigenvalue weighted by Gasteiger charge is -2.19. The number of aliphatic carboxylic acids is 1. The summed E-state index contributed by atoms with van der Waals surface area (Å²) < 4.78 is 0.660. The fourth-order valence-electron chi connectivity index (χ4n) is 1.43. The van der Waals surface area contributed by atoms with Crippen molar-refractivity contribution < 1.29 is 9.90 Å². The minimum Gasteiger partial charge on any atom is -0.480 e. The molecule has 1 saturated heterocycles. The summed E-state index contributed by atoms with van der Waals surface area (Å²) in [7, 11) is 0. The zero-order chi connectivity index (χ0) is 12.2. The molecule has 3 nitrogen and oxygen atoms in total. The number of thioether (sulfide) groups is 2. The fraction of sp³-hybridized carbons (Fsp3) is 0.700. The molecule has 2 unspecified atom stereocenters. The van der Waals surface area contributed by atoms with Crippen LogP contribution in [0.2, 0.25) is 0 Å². The maximum absolute atomic E-state index is 10.9. The number of hydrogen-bond donors (Lipinski definition) is 1. The van der Waals surface area contributed by atoms with Crippen LogP contribution in [0, 0.1) is 16.7 Å². The molecule has 0 saturated carbocycles. The van der Waals surface area contributed by atoms with E-state index in [0.29, 0.717) is 16.4 Å². The maximum Gasteiger partial charge on any atom is 0.316 e. The van der Waals surface area contributed by atoms with Gasteiger partial charge in [-0.3, -0.25) is 4.79 Å².